The average Bonchev–Trinajstić information content (AvgIpc) is 2.64. The van der Waals surface area contributed by atoms with Gasteiger partial charge in [-0.2, -0.15) is 0 Å². The summed E-state index contributed by atoms with van der Waals surface area (Å²) in [7, 11) is 1.61. The quantitative estimate of drug-likeness (QED) is 0.752. The molecule has 2 aromatic carbocycles. The molecule has 4 heteroatoms. The van der Waals surface area contributed by atoms with Crippen LogP contribution in [-0.2, 0) is 11.2 Å². The van der Waals surface area contributed by atoms with Crippen molar-refractivity contribution in [1.82, 2.24) is 0 Å². The molecule has 0 N–H and O–H groups in total. The lowest BCUT2D eigenvalue weighted by atomic mass is 10.0. The van der Waals surface area contributed by atoms with Crippen LogP contribution in [0.4, 0.5) is 0 Å². The van der Waals surface area contributed by atoms with Gasteiger partial charge in [0.1, 0.15) is 11.5 Å². The Hall–Kier alpha value is -2.33. The third kappa shape index (κ3) is 4.36. The lowest BCUT2D eigenvalue weighted by molar-refractivity contribution is -0.105. The van der Waals surface area contributed by atoms with E-state index in [0.717, 1.165) is 42.9 Å². The zero-order valence-corrected chi connectivity index (χ0v) is 13.9. The number of carbonyl (C=O) groups is 1. The molecule has 0 bridgehead atoms. The predicted octanol–water partition coefficient (Wildman–Crippen LogP) is 4.03. The summed E-state index contributed by atoms with van der Waals surface area (Å²) in [6, 6.07) is 14.8. The van der Waals surface area contributed by atoms with Gasteiger partial charge >= 0.3 is 0 Å². The second-order valence-corrected chi connectivity index (χ2v) is 5.89. The van der Waals surface area contributed by atoms with Crippen molar-refractivity contribution < 1.29 is 19.0 Å². The van der Waals surface area contributed by atoms with E-state index in [2.05, 4.69) is 0 Å². The molecular weight excluding hydrogens is 304 g/mol. The van der Waals surface area contributed by atoms with Gasteiger partial charge in [-0.1, -0.05) is 12.1 Å². The van der Waals surface area contributed by atoms with E-state index in [0.29, 0.717) is 12.0 Å². The molecule has 24 heavy (non-hydrogen) atoms. The first-order valence-corrected chi connectivity index (χ1v) is 8.29. The lowest BCUT2D eigenvalue weighted by Crippen LogP contribution is -2.24. The van der Waals surface area contributed by atoms with Gasteiger partial charge in [-0.15, -0.1) is 0 Å². The minimum atomic E-state index is -0.148. The fraction of sp³-hybridized carbons (Fsp3) is 0.350. The third-order valence-corrected chi connectivity index (χ3v) is 4.11. The number of carbonyl (C=O) groups excluding carboxylic acids is 1. The van der Waals surface area contributed by atoms with Crippen LogP contribution in [0.3, 0.4) is 0 Å². The predicted molar refractivity (Wildman–Crippen MR) is 91.7 cm³/mol. The molecule has 1 heterocycles. The molecule has 0 amide bonds. The Morgan fingerprint density at radius 1 is 1.04 bits per heavy atom. The van der Waals surface area contributed by atoms with Crippen LogP contribution in [0.15, 0.2) is 48.5 Å². The number of rotatable bonds is 6. The van der Waals surface area contributed by atoms with E-state index >= 15 is 0 Å². The topological polar surface area (TPSA) is 44.8 Å². The largest absolute Gasteiger partial charge is 0.497 e. The summed E-state index contributed by atoms with van der Waals surface area (Å²) in [5.41, 5.74) is 1.65. The Morgan fingerprint density at radius 3 is 2.38 bits per heavy atom. The van der Waals surface area contributed by atoms with Crippen LogP contribution >= 0.6 is 0 Å². The number of ether oxygens (including phenoxy) is 3. The Labute approximate surface area is 142 Å². The highest BCUT2D eigenvalue weighted by Crippen LogP contribution is 2.20. The number of methoxy groups -OCH3 is 1. The van der Waals surface area contributed by atoms with Crippen molar-refractivity contribution >= 4 is 5.78 Å². The fourth-order valence-electron chi connectivity index (χ4n) is 2.71. The number of benzene rings is 2. The lowest BCUT2D eigenvalue weighted by Gasteiger charge is -2.23. The normalized spacial score (nSPS) is 17.3. The second-order valence-electron chi connectivity index (χ2n) is 5.89. The molecule has 2 aromatic rings. The van der Waals surface area contributed by atoms with E-state index in [1.165, 1.54) is 0 Å². The summed E-state index contributed by atoms with van der Waals surface area (Å²) in [5.74, 6) is 1.61. The monoisotopic (exact) mass is 326 g/mol. The summed E-state index contributed by atoms with van der Waals surface area (Å²) in [6.45, 7) is 0.763. The minimum absolute atomic E-state index is 0.0851. The third-order valence-electron chi connectivity index (χ3n) is 4.11. The Morgan fingerprint density at radius 2 is 1.75 bits per heavy atom. The maximum absolute atomic E-state index is 12.3. The molecule has 0 radical (unpaired) electrons. The van der Waals surface area contributed by atoms with Crippen molar-refractivity contribution in [3.8, 4) is 11.5 Å². The van der Waals surface area contributed by atoms with Crippen molar-refractivity contribution in [1.29, 1.82) is 0 Å². The van der Waals surface area contributed by atoms with Gasteiger partial charge in [-0.05, 0) is 54.8 Å². The van der Waals surface area contributed by atoms with E-state index in [-0.39, 0.29) is 12.1 Å². The zero-order valence-electron chi connectivity index (χ0n) is 13.9. The van der Waals surface area contributed by atoms with Crippen LogP contribution in [0.1, 0.15) is 35.2 Å². The van der Waals surface area contributed by atoms with Crippen molar-refractivity contribution in [2.75, 3.05) is 13.7 Å². The van der Waals surface area contributed by atoms with E-state index in [4.69, 9.17) is 14.2 Å². The summed E-state index contributed by atoms with van der Waals surface area (Å²) < 4.78 is 16.5. The first-order valence-electron chi connectivity index (χ1n) is 8.29. The molecule has 3 rings (SSSR count). The molecule has 1 atom stereocenters. The SMILES string of the molecule is COc1ccc(C(=O)Cc2ccc(OC3CCCCO3)cc2)cc1. The molecule has 0 aromatic heterocycles. The molecule has 1 unspecified atom stereocenters. The highest BCUT2D eigenvalue weighted by atomic mass is 16.7. The van der Waals surface area contributed by atoms with Crippen LogP contribution in [0, 0.1) is 0 Å². The molecule has 1 aliphatic heterocycles. The summed E-state index contributed by atoms with van der Waals surface area (Å²) in [4.78, 5) is 12.3. The fourth-order valence-corrected chi connectivity index (χ4v) is 2.71. The van der Waals surface area contributed by atoms with Gasteiger partial charge in [0.15, 0.2) is 12.1 Å². The van der Waals surface area contributed by atoms with Crippen LogP contribution in [0.25, 0.3) is 0 Å². The average molecular weight is 326 g/mol. The van der Waals surface area contributed by atoms with Gasteiger partial charge in [-0.25, -0.2) is 0 Å². The standard InChI is InChI=1S/C20H22O4/c1-22-17-11-7-16(8-12-17)19(21)14-15-5-9-18(10-6-15)24-20-4-2-3-13-23-20/h5-12,20H,2-4,13-14H2,1H3. The van der Waals surface area contributed by atoms with Crippen LogP contribution in [-0.4, -0.2) is 25.8 Å². The molecule has 1 aliphatic rings. The van der Waals surface area contributed by atoms with Crippen molar-refractivity contribution in [2.24, 2.45) is 0 Å². The summed E-state index contributed by atoms with van der Waals surface area (Å²) >= 11 is 0. The molecule has 0 spiro atoms. The molecule has 1 saturated heterocycles. The molecule has 1 fully saturated rings. The van der Waals surface area contributed by atoms with Gasteiger partial charge in [0.25, 0.3) is 0 Å². The maximum Gasteiger partial charge on any atom is 0.199 e. The van der Waals surface area contributed by atoms with Gasteiger partial charge in [-0.3, -0.25) is 4.79 Å². The Kier molecular flexibility index (Phi) is 5.49. The summed E-state index contributed by atoms with van der Waals surface area (Å²) in [6.07, 6.45) is 3.39. The van der Waals surface area contributed by atoms with Gasteiger partial charge in [0, 0.05) is 18.4 Å². The number of hydrogen-bond donors (Lipinski definition) is 0. The molecular formula is C20H22O4. The van der Waals surface area contributed by atoms with E-state index < -0.39 is 0 Å². The van der Waals surface area contributed by atoms with E-state index in [9.17, 15) is 4.79 Å². The first-order chi connectivity index (χ1) is 11.7. The van der Waals surface area contributed by atoms with Crippen molar-refractivity contribution in [3.63, 3.8) is 0 Å². The van der Waals surface area contributed by atoms with Gasteiger partial charge in [0.05, 0.1) is 13.7 Å². The zero-order chi connectivity index (χ0) is 16.8. The molecule has 126 valence electrons. The molecule has 0 aliphatic carbocycles. The van der Waals surface area contributed by atoms with E-state index in [1.54, 1.807) is 31.4 Å². The van der Waals surface area contributed by atoms with Crippen molar-refractivity contribution in [3.05, 3.63) is 59.7 Å². The van der Waals surface area contributed by atoms with Crippen LogP contribution < -0.4 is 9.47 Å². The highest BCUT2D eigenvalue weighted by molar-refractivity contribution is 5.97. The summed E-state index contributed by atoms with van der Waals surface area (Å²) in [5, 5.41) is 0. The Balaban J connectivity index is 1.57. The molecule has 0 saturated carbocycles. The number of ketones is 1. The maximum atomic E-state index is 12.3. The van der Waals surface area contributed by atoms with Crippen molar-refractivity contribution in [2.45, 2.75) is 32.0 Å². The van der Waals surface area contributed by atoms with E-state index in [1.807, 2.05) is 24.3 Å². The van der Waals surface area contributed by atoms with Gasteiger partial charge < -0.3 is 14.2 Å². The van der Waals surface area contributed by atoms with Gasteiger partial charge in [0.2, 0.25) is 0 Å². The first kappa shape index (κ1) is 16.5. The number of Topliss-reactive ketones (excluding diaryl/α,β-unsaturated/α-hetero) is 1. The smallest absolute Gasteiger partial charge is 0.199 e. The highest BCUT2D eigenvalue weighted by Gasteiger charge is 2.15. The minimum Gasteiger partial charge on any atom is -0.497 e. The molecule has 4 nitrogen and oxygen atoms in total. The number of hydrogen-bond acceptors (Lipinski definition) is 4. The second kappa shape index (κ2) is 7.97. The Bertz CT molecular complexity index is 655. The van der Waals surface area contributed by atoms with Crippen LogP contribution in [0.5, 0.6) is 11.5 Å². The van der Waals surface area contributed by atoms with Crippen LogP contribution in [0.2, 0.25) is 0 Å².